The molecule has 3 aromatic carbocycles. The van der Waals surface area contributed by atoms with Gasteiger partial charge in [-0.2, -0.15) is 0 Å². The first kappa shape index (κ1) is 27.6. The highest BCUT2D eigenvalue weighted by Crippen LogP contribution is 2.30. The Kier molecular flexibility index (Phi) is 8.02. The van der Waals surface area contributed by atoms with E-state index in [4.69, 9.17) is 14.5 Å². The molecule has 0 bridgehead atoms. The highest BCUT2D eigenvalue weighted by Gasteiger charge is 2.31. The fourth-order valence-corrected chi connectivity index (χ4v) is 5.92. The normalized spacial score (nSPS) is 15.2. The summed E-state index contributed by atoms with van der Waals surface area (Å²) in [4.78, 5) is 30.3. The summed E-state index contributed by atoms with van der Waals surface area (Å²) in [7, 11) is 1.97. The third-order valence-corrected chi connectivity index (χ3v) is 7.87. The average molecular weight is 559 g/mol. The molecule has 1 atom stereocenters. The fourth-order valence-electron chi connectivity index (χ4n) is 5.06. The van der Waals surface area contributed by atoms with Gasteiger partial charge in [0.05, 0.1) is 16.3 Å². The number of carbonyl (C=O) groups is 2. The van der Waals surface area contributed by atoms with Gasteiger partial charge in [0.2, 0.25) is 5.91 Å². The maximum atomic E-state index is 11.8. The lowest BCUT2D eigenvalue weighted by Crippen LogP contribution is -2.36. The average Bonchev–Trinajstić information content (AvgIpc) is 3.40. The van der Waals surface area contributed by atoms with Gasteiger partial charge in [-0.05, 0) is 76.1 Å². The summed E-state index contributed by atoms with van der Waals surface area (Å²) in [6, 6.07) is 22.4. The van der Waals surface area contributed by atoms with Gasteiger partial charge in [-0.3, -0.25) is 14.9 Å². The van der Waals surface area contributed by atoms with E-state index in [1.54, 1.807) is 0 Å². The van der Waals surface area contributed by atoms with E-state index in [1.165, 1.54) is 0 Å². The van der Waals surface area contributed by atoms with Crippen LogP contribution in [0.15, 0.2) is 66.7 Å². The summed E-state index contributed by atoms with van der Waals surface area (Å²) in [6.45, 7) is 9.09. The molecule has 0 saturated carbocycles. The Hall–Kier alpha value is -3.98. The number of imidazole rings is 1. The molecular weight excluding hydrogens is 524 g/mol. The number of amides is 2. The molecule has 2 amide bonds. The molecule has 1 fully saturated rings. The lowest BCUT2D eigenvalue weighted by molar-refractivity contribution is -0.118. The number of thioether (sulfide) groups is 1. The van der Waals surface area contributed by atoms with E-state index in [1.807, 2.05) is 66.2 Å². The van der Waals surface area contributed by atoms with Crippen LogP contribution in [-0.2, 0) is 24.9 Å². The Balaban J connectivity index is 1.25. The first-order valence-electron chi connectivity index (χ1n) is 13.4. The van der Waals surface area contributed by atoms with Gasteiger partial charge in [0.1, 0.15) is 29.7 Å². The molecule has 2 heterocycles. The predicted octanol–water partition coefficient (Wildman–Crippen LogP) is 6.46. The van der Waals surface area contributed by atoms with Gasteiger partial charge in [-0.15, -0.1) is 0 Å². The minimum Gasteiger partial charge on any atom is -0.486 e. The third-order valence-electron chi connectivity index (χ3n) is 6.89. The number of anilines is 1. The van der Waals surface area contributed by atoms with Crippen LogP contribution in [0.3, 0.4) is 0 Å². The van der Waals surface area contributed by atoms with E-state index in [0.717, 1.165) is 51.4 Å². The molecular formula is C31H34N4O4S. The number of benzene rings is 3. The van der Waals surface area contributed by atoms with Gasteiger partial charge in [0.25, 0.3) is 5.24 Å². The van der Waals surface area contributed by atoms with Crippen LogP contribution in [0.4, 0.5) is 10.5 Å². The second-order valence-corrected chi connectivity index (χ2v) is 11.6. The van der Waals surface area contributed by atoms with E-state index in [2.05, 4.69) is 50.0 Å². The van der Waals surface area contributed by atoms with Crippen molar-refractivity contribution >= 4 is 39.6 Å². The molecule has 8 nitrogen and oxygen atoms in total. The smallest absolute Gasteiger partial charge is 0.286 e. The predicted molar refractivity (Wildman–Crippen MR) is 159 cm³/mol. The summed E-state index contributed by atoms with van der Waals surface area (Å²) in [5.74, 6) is 2.79. The summed E-state index contributed by atoms with van der Waals surface area (Å²) >= 11 is 1.04. The second kappa shape index (κ2) is 11.6. The van der Waals surface area contributed by atoms with Crippen molar-refractivity contribution in [2.24, 2.45) is 7.05 Å². The Labute approximate surface area is 238 Å². The molecule has 0 spiro atoms. The topological polar surface area (TPSA) is 85.7 Å². The summed E-state index contributed by atoms with van der Waals surface area (Å²) in [5, 5.41) is 1.65. The van der Waals surface area contributed by atoms with Crippen molar-refractivity contribution in [3.05, 3.63) is 78.1 Å². The van der Waals surface area contributed by atoms with Crippen LogP contribution < -0.4 is 19.7 Å². The van der Waals surface area contributed by atoms with E-state index >= 15 is 0 Å². The van der Waals surface area contributed by atoms with Crippen molar-refractivity contribution in [2.75, 3.05) is 4.90 Å². The molecule has 5 rings (SSSR count). The Morgan fingerprint density at radius 3 is 2.33 bits per heavy atom. The minimum absolute atomic E-state index is 0.233. The molecule has 1 aliphatic rings. The van der Waals surface area contributed by atoms with Crippen LogP contribution in [0.25, 0.3) is 11.0 Å². The van der Waals surface area contributed by atoms with E-state index in [-0.39, 0.29) is 16.4 Å². The lowest BCUT2D eigenvalue weighted by Gasteiger charge is -2.33. The molecule has 40 heavy (non-hydrogen) atoms. The van der Waals surface area contributed by atoms with E-state index in [0.29, 0.717) is 30.9 Å². The van der Waals surface area contributed by atoms with Gasteiger partial charge >= 0.3 is 0 Å². The summed E-state index contributed by atoms with van der Waals surface area (Å²) in [5.41, 5.74) is 3.92. The van der Waals surface area contributed by atoms with Gasteiger partial charge < -0.3 is 18.9 Å². The van der Waals surface area contributed by atoms with Gasteiger partial charge in [0.15, 0.2) is 0 Å². The summed E-state index contributed by atoms with van der Waals surface area (Å²) in [6.07, 6.45) is 0.496. The zero-order chi connectivity index (χ0) is 28.4. The Bertz CT molecular complexity index is 1520. The maximum absolute atomic E-state index is 11.8. The van der Waals surface area contributed by atoms with E-state index < -0.39 is 0 Å². The quantitative estimate of drug-likeness (QED) is 0.239. The standard InChI is InChI=1S/C31H34N4O4S/c1-19(2)35(20(3)4)22-7-6-8-24(16-22)39-25-13-14-26-27(17-25)34(5)29(32-26)18-38-23-11-9-21(10-12-23)15-28-30(36)33-31(37)40-28/h6-14,16-17,19-20,28H,15,18H2,1-5H3,(H,33,36,37). The number of ether oxygens (including phenoxy) is 2. The lowest BCUT2D eigenvalue weighted by atomic mass is 10.1. The zero-order valence-electron chi connectivity index (χ0n) is 23.4. The molecule has 4 aromatic rings. The van der Waals surface area contributed by atoms with Crippen LogP contribution in [0.2, 0.25) is 0 Å². The third kappa shape index (κ3) is 6.09. The number of nitrogens with one attached hydrogen (secondary N) is 1. The number of hydrogen-bond donors (Lipinski definition) is 1. The molecule has 1 aliphatic heterocycles. The largest absolute Gasteiger partial charge is 0.486 e. The van der Waals surface area contributed by atoms with Crippen molar-refractivity contribution < 1.29 is 19.1 Å². The molecule has 9 heteroatoms. The van der Waals surface area contributed by atoms with Crippen LogP contribution in [0, 0.1) is 0 Å². The van der Waals surface area contributed by atoms with Crippen molar-refractivity contribution in [1.82, 2.24) is 14.9 Å². The molecule has 0 radical (unpaired) electrons. The molecule has 1 aromatic heterocycles. The van der Waals surface area contributed by atoms with Crippen molar-refractivity contribution in [3.63, 3.8) is 0 Å². The highest BCUT2D eigenvalue weighted by atomic mass is 32.2. The molecule has 0 aliphatic carbocycles. The molecule has 1 N–H and O–H groups in total. The van der Waals surface area contributed by atoms with Gasteiger partial charge in [0, 0.05) is 37.0 Å². The zero-order valence-corrected chi connectivity index (χ0v) is 24.2. The number of nitrogens with zero attached hydrogens (tertiary/aromatic N) is 3. The van der Waals surface area contributed by atoms with Crippen LogP contribution >= 0.6 is 11.8 Å². The molecule has 1 unspecified atom stereocenters. The Morgan fingerprint density at radius 1 is 0.950 bits per heavy atom. The number of rotatable bonds is 10. The monoisotopic (exact) mass is 558 g/mol. The van der Waals surface area contributed by atoms with Crippen LogP contribution in [-0.4, -0.2) is 38.0 Å². The van der Waals surface area contributed by atoms with Gasteiger partial charge in [-0.25, -0.2) is 4.98 Å². The minimum atomic E-state index is -0.383. The van der Waals surface area contributed by atoms with Crippen molar-refractivity contribution in [2.45, 2.75) is 58.1 Å². The number of carbonyl (C=O) groups excluding carboxylic acids is 2. The molecule has 1 saturated heterocycles. The first-order valence-corrected chi connectivity index (χ1v) is 14.3. The number of aromatic nitrogens is 2. The fraction of sp³-hybridized carbons (Fsp3) is 0.323. The van der Waals surface area contributed by atoms with Crippen LogP contribution in [0.1, 0.15) is 39.1 Å². The van der Waals surface area contributed by atoms with Gasteiger partial charge in [-0.1, -0.05) is 30.0 Å². The highest BCUT2D eigenvalue weighted by molar-refractivity contribution is 8.15. The number of aryl methyl sites for hydroxylation is 1. The first-order chi connectivity index (χ1) is 19.2. The number of imide groups is 1. The molecule has 208 valence electrons. The Morgan fingerprint density at radius 2 is 1.65 bits per heavy atom. The number of hydrogen-bond acceptors (Lipinski definition) is 7. The van der Waals surface area contributed by atoms with Crippen LogP contribution in [0.5, 0.6) is 17.2 Å². The SMILES string of the molecule is CC(C)N(c1cccc(Oc2ccc3nc(COc4ccc(CC5SC(=O)NC5=O)cc4)n(C)c3c2)c1)C(C)C. The van der Waals surface area contributed by atoms with E-state index in [9.17, 15) is 9.59 Å². The summed E-state index contributed by atoms with van der Waals surface area (Å²) < 4.78 is 14.3. The second-order valence-electron chi connectivity index (χ2n) is 10.5. The van der Waals surface area contributed by atoms with Crippen molar-refractivity contribution in [1.29, 1.82) is 0 Å². The van der Waals surface area contributed by atoms with Crippen molar-refractivity contribution in [3.8, 4) is 17.2 Å². The maximum Gasteiger partial charge on any atom is 0.286 e. The number of fused-ring (bicyclic) bond motifs is 1.